The van der Waals surface area contributed by atoms with E-state index in [0.29, 0.717) is 18.9 Å². The summed E-state index contributed by atoms with van der Waals surface area (Å²) in [5.41, 5.74) is 5.26. The number of phosphoric ester groups is 2. The number of imide groups is 1. The van der Waals surface area contributed by atoms with Crippen molar-refractivity contribution in [2.75, 3.05) is 83.7 Å². The van der Waals surface area contributed by atoms with E-state index in [9.17, 15) is 43.2 Å². The second kappa shape index (κ2) is 22.7. The highest BCUT2D eigenvalue weighted by molar-refractivity contribution is 7.81. The van der Waals surface area contributed by atoms with E-state index in [1.807, 2.05) is 0 Å². The summed E-state index contributed by atoms with van der Waals surface area (Å²) in [7, 11) is -10.2. The smallest absolute Gasteiger partial charge is 0.386 e. The second-order valence-corrected chi connectivity index (χ2v) is 19.0. The van der Waals surface area contributed by atoms with E-state index in [0.717, 1.165) is 22.1 Å². The largest absolute Gasteiger partial charge is 0.472 e. The quantitative estimate of drug-likeness (QED) is 0.0338. The first kappa shape index (κ1) is 52.2. The molecule has 8 rings (SSSR count). The van der Waals surface area contributed by atoms with Crippen LogP contribution < -0.4 is 21.9 Å². The molecular formula is C37H48N12O19P2S. The van der Waals surface area contributed by atoms with Gasteiger partial charge in [0.25, 0.3) is 11.5 Å². The SMILES string of the molecule is C=C1C=CC(=O)N1C(=O)NCCOCCOCCOCCOCCC(=O)Nc1ncnc2c1ncn2[C@@H]1O[C@@H]2COP(=O)(O)OC3[C@@H](COP(=O)(O)OC2[C@@H]1S)O[C@@H](n1cnc2c(=O)[nH]c(N)nc21)[C@H]3O. The Labute approximate surface area is 405 Å². The molecule has 4 aliphatic heterocycles. The zero-order chi connectivity index (χ0) is 50.5. The molecule has 3 fully saturated rings. The molecule has 34 heteroatoms. The average Bonchev–Trinajstić information content (AvgIpc) is 4.14. The summed E-state index contributed by atoms with van der Waals surface area (Å²) in [6.45, 7) is 4.07. The molecule has 4 unspecified atom stereocenters. The van der Waals surface area contributed by atoms with Gasteiger partial charge in [-0.1, -0.05) is 6.58 Å². The number of allylic oxidation sites excluding steroid dienone is 1. The number of imidazole rings is 2. The number of carbonyl (C=O) groups excluding carboxylic acids is 3. The van der Waals surface area contributed by atoms with Crippen LogP contribution in [0.25, 0.3) is 22.3 Å². The van der Waals surface area contributed by atoms with Crippen LogP contribution in [-0.4, -0.2) is 185 Å². The number of amides is 4. The number of aliphatic hydroxyl groups excluding tert-OH is 1. The van der Waals surface area contributed by atoms with Crippen molar-refractivity contribution in [3.05, 3.63) is 53.8 Å². The van der Waals surface area contributed by atoms with Gasteiger partial charge in [-0.3, -0.25) is 46.6 Å². The molecule has 4 aliphatic rings. The van der Waals surface area contributed by atoms with Gasteiger partial charge in [0.15, 0.2) is 40.6 Å². The Kier molecular flexibility index (Phi) is 16.7. The van der Waals surface area contributed by atoms with Crippen LogP contribution >= 0.6 is 28.3 Å². The number of nitrogen functional groups attached to an aromatic ring is 1. The minimum absolute atomic E-state index is 0.0396. The fraction of sp³-hybridized carbons (Fsp3) is 0.541. The Hall–Kier alpha value is -5.12. The summed E-state index contributed by atoms with van der Waals surface area (Å²) in [6.07, 6.45) is -4.33. The number of aromatic nitrogens is 8. The van der Waals surface area contributed by atoms with Crippen molar-refractivity contribution in [1.82, 2.24) is 49.3 Å². The van der Waals surface area contributed by atoms with Gasteiger partial charge in [0.05, 0.1) is 90.4 Å². The van der Waals surface area contributed by atoms with Crippen LogP contribution in [0.15, 0.2) is 48.2 Å². The number of carbonyl (C=O) groups is 3. The number of hydrogen-bond acceptors (Lipinski definition) is 24. The van der Waals surface area contributed by atoms with E-state index in [2.05, 4.69) is 59.7 Å². The molecule has 0 radical (unpaired) electrons. The molecule has 386 valence electrons. The number of aliphatic hydroxyl groups is 1. The normalized spacial score (nSPS) is 29.0. The molecule has 0 spiro atoms. The van der Waals surface area contributed by atoms with Gasteiger partial charge < -0.3 is 59.7 Å². The van der Waals surface area contributed by atoms with E-state index < -0.39 is 100 Å². The third kappa shape index (κ3) is 12.4. The maximum Gasteiger partial charge on any atom is 0.472 e. The van der Waals surface area contributed by atoms with Crippen LogP contribution in [0.2, 0.25) is 0 Å². The topological polar surface area (TPSA) is 399 Å². The lowest BCUT2D eigenvalue weighted by Crippen LogP contribution is -2.41. The first-order valence-electron chi connectivity index (χ1n) is 21.5. The van der Waals surface area contributed by atoms with Crippen molar-refractivity contribution < 1.29 is 84.9 Å². The molecule has 8 heterocycles. The number of phosphoric acid groups is 2. The number of H-pyrrole nitrogens is 1. The van der Waals surface area contributed by atoms with E-state index in [1.165, 1.54) is 23.0 Å². The number of nitrogens with one attached hydrogen (secondary N) is 3. The van der Waals surface area contributed by atoms with Crippen LogP contribution in [0.3, 0.4) is 0 Å². The van der Waals surface area contributed by atoms with Gasteiger partial charge in [0.1, 0.15) is 36.8 Å². The van der Waals surface area contributed by atoms with Crippen LogP contribution in [0.4, 0.5) is 16.6 Å². The van der Waals surface area contributed by atoms with E-state index in [1.54, 1.807) is 0 Å². The number of ether oxygens (including phenoxy) is 6. The monoisotopic (exact) mass is 1060 g/mol. The molecule has 3 saturated heterocycles. The van der Waals surface area contributed by atoms with Gasteiger partial charge in [0, 0.05) is 18.3 Å². The summed E-state index contributed by atoms with van der Waals surface area (Å²) < 4.78 is 84.6. The van der Waals surface area contributed by atoms with Crippen LogP contribution in [0.5, 0.6) is 0 Å². The highest BCUT2D eigenvalue weighted by atomic mass is 32.1. The van der Waals surface area contributed by atoms with Gasteiger partial charge in [-0.15, -0.1) is 0 Å². The number of rotatable bonds is 18. The average molecular weight is 1060 g/mol. The number of nitrogens with two attached hydrogens (primary N) is 1. The minimum atomic E-state index is -5.11. The predicted molar refractivity (Wildman–Crippen MR) is 241 cm³/mol. The number of nitrogens with zero attached hydrogens (tertiary/aromatic N) is 8. The van der Waals surface area contributed by atoms with Crippen molar-refractivity contribution in [1.29, 1.82) is 0 Å². The predicted octanol–water partition coefficient (Wildman–Crippen LogP) is -0.969. The van der Waals surface area contributed by atoms with Gasteiger partial charge in [-0.05, 0) is 6.08 Å². The Bertz CT molecular complexity index is 2780. The van der Waals surface area contributed by atoms with Gasteiger partial charge in [0.2, 0.25) is 11.9 Å². The maximum absolute atomic E-state index is 13.5. The Morgan fingerprint density at radius 3 is 2.08 bits per heavy atom. The maximum atomic E-state index is 13.5. The lowest BCUT2D eigenvalue weighted by Gasteiger charge is -2.28. The molecule has 0 aliphatic carbocycles. The van der Waals surface area contributed by atoms with Crippen LogP contribution in [-0.2, 0) is 65.2 Å². The standard InChI is InChI=1S/C37H48N12O19P2S/c1-19-2-3-23(51)49(19)37(54)39-5-7-60-9-11-62-13-12-61-10-8-59-6-4-22(50)44-30-24-31(41-16-40-30)47(17-42-24)35-29(71)28-21(66-35)15-64-69(55,56)67-27-20(14-63-70(57,58)68-28)65-34(26(27)52)48-18-43-25-32(48)45-36(38)46-33(25)53/h2-3,16-18,20-21,26-29,34-35,52,71H,1,4-15H2,(H,39,54)(H,55,56)(H,57,58)(H3,38,45,46,53)(H,40,41,44,50)/t20-,21-,26+,27?,28?,29+,34-,35-/m1/s1. The second-order valence-electron chi connectivity index (χ2n) is 15.6. The first-order chi connectivity index (χ1) is 34.0. The number of thiol groups is 1. The zero-order valence-corrected chi connectivity index (χ0v) is 39.8. The van der Waals surface area contributed by atoms with Crippen molar-refractivity contribution in [2.45, 2.75) is 54.6 Å². The van der Waals surface area contributed by atoms with Crippen LogP contribution in [0.1, 0.15) is 18.9 Å². The third-order valence-corrected chi connectivity index (χ3v) is 13.3. The molecule has 8 N–H and O–H groups in total. The van der Waals surface area contributed by atoms with Crippen molar-refractivity contribution in [2.24, 2.45) is 0 Å². The number of hydrogen-bond donors (Lipinski definition) is 8. The lowest BCUT2D eigenvalue weighted by atomic mass is 10.1. The van der Waals surface area contributed by atoms with Gasteiger partial charge in [-0.2, -0.15) is 17.6 Å². The number of fused-ring (bicyclic) bond motifs is 4. The van der Waals surface area contributed by atoms with E-state index >= 15 is 0 Å². The van der Waals surface area contributed by atoms with Crippen molar-refractivity contribution in [3.63, 3.8) is 0 Å². The number of urea groups is 1. The molecule has 0 saturated carbocycles. The zero-order valence-electron chi connectivity index (χ0n) is 37.1. The fourth-order valence-electron chi connectivity index (χ4n) is 7.51. The summed E-state index contributed by atoms with van der Waals surface area (Å²) in [6, 6.07) is -0.577. The summed E-state index contributed by atoms with van der Waals surface area (Å²) in [5.74, 6) is -1.16. The number of aromatic amines is 1. The molecule has 4 amide bonds. The highest BCUT2D eigenvalue weighted by Crippen LogP contribution is 2.54. The third-order valence-electron chi connectivity index (χ3n) is 10.8. The molecule has 71 heavy (non-hydrogen) atoms. The Morgan fingerprint density at radius 2 is 1.42 bits per heavy atom. The highest BCUT2D eigenvalue weighted by Gasteiger charge is 2.53. The minimum Gasteiger partial charge on any atom is -0.386 e. The molecule has 31 nitrogen and oxygen atoms in total. The van der Waals surface area contributed by atoms with E-state index in [4.69, 9.17) is 52.2 Å². The fourth-order valence-corrected chi connectivity index (χ4v) is 10.0. The summed E-state index contributed by atoms with van der Waals surface area (Å²) >= 11 is 4.62. The Balaban J connectivity index is 0.774. The lowest BCUT2D eigenvalue weighted by molar-refractivity contribution is -0.121. The summed E-state index contributed by atoms with van der Waals surface area (Å²) in [4.78, 5) is 94.6. The molecule has 4 aromatic rings. The van der Waals surface area contributed by atoms with Crippen molar-refractivity contribution in [3.8, 4) is 0 Å². The molecule has 0 aromatic carbocycles. The van der Waals surface area contributed by atoms with Gasteiger partial charge in [-0.25, -0.2) is 38.8 Å². The molecule has 10 atom stereocenters. The van der Waals surface area contributed by atoms with E-state index in [-0.39, 0.29) is 86.7 Å². The van der Waals surface area contributed by atoms with Crippen LogP contribution in [0, 0.1) is 0 Å². The van der Waals surface area contributed by atoms with Gasteiger partial charge >= 0.3 is 21.7 Å². The molecule has 4 aromatic heterocycles. The summed E-state index contributed by atoms with van der Waals surface area (Å²) in [5, 5.41) is 15.4. The Morgan fingerprint density at radius 1 is 0.831 bits per heavy atom. The number of anilines is 2. The first-order valence-corrected chi connectivity index (χ1v) is 25.0. The molecular weight excluding hydrogens is 1010 g/mol. The molecule has 0 bridgehead atoms. The van der Waals surface area contributed by atoms with Crippen molar-refractivity contribution >= 4 is 80.2 Å².